The molecule has 4 nitrogen and oxygen atoms in total. The summed E-state index contributed by atoms with van der Waals surface area (Å²) in [5.41, 5.74) is 1.56. The van der Waals surface area contributed by atoms with Crippen LogP contribution >= 0.6 is 23.2 Å². The van der Waals surface area contributed by atoms with Crippen LogP contribution in [0.2, 0.25) is 10.0 Å². The molecule has 22 heavy (non-hydrogen) atoms. The number of rotatable bonds is 5. The third-order valence-electron chi connectivity index (χ3n) is 3.22. The topological polar surface area (TPSA) is 54.0 Å². The Bertz CT molecular complexity index is 639. The number of halogens is 2. The molecule has 2 aromatic rings. The van der Waals surface area contributed by atoms with Gasteiger partial charge in [-0.2, -0.15) is 0 Å². The number of carbonyl (C=O) groups excluding carboxylic acids is 1. The highest BCUT2D eigenvalue weighted by atomic mass is 35.5. The molecule has 116 valence electrons. The normalized spacial score (nSPS) is 11.8. The zero-order valence-electron chi connectivity index (χ0n) is 12.4. The van der Waals surface area contributed by atoms with Gasteiger partial charge in [-0.1, -0.05) is 36.2 Å². The Hall–Kier alpha value is -1.78. The second-order valence-electron chi connectivity index (χ2n) is 4.94. The molecular weight excluding hydrogens is 321 g/mol. The minimum Gasteiger partial charge on any atom is -0.381 e. The van der Waals surface area contributed by atoms with Gasteiger partial charge in [-0.3, -0.25) is 4.79 Å². The molecular formula is C16H17Cl2N3O. The van der Waals surface area contributed by atoms with Gasteiger partial charge in [-0.15, -0.1) is 0 Å². The van der Waals surface area contributed by atoms with E-state index in [2.05, 4.69) is 29.5 Å². The number of benzene rings is 1. The fourth-order valence-corrected chi connectivity index (χ4v) is 2.29. The van der Waals surface area contributed by atoms with Crippen LogP contribution in [0.25, 0.3) is 0 Å². The van der Waals surface area contributed by atoms with Crippen molar-refractivity contribution in [2.24, 2.45) is 0 Å². The average Bonchev–Trinajstić information content (AvgIpc) is 2.51. The zero-order valence-corrected chi connectivity index (χ0v) is 13.9. The van der Waals surface area contributed by atoms with Crippen LogP contribution in [-0.2, 0) is 0 Å². The molecule has 0 fully saturated rings. The number of hydrogen-bond donors (Lipinski definition) is 2. The molecule has 0 saturated carbocycles. The second kappa shape index (κ2) is 7.47. The van der Waals surface area contributed by atoms with Crippen molar-refractivity contribution >= 4 is 40.5 Å². The van der Waals surface area contributed by atoms with E-state index in [0.29, 0.717) is 27.5 Å². The van der Waals surface area contributed by atoms with Crippen molar-refractivity contribution in [1.29, 1.82) is 0 Å². The molecule has 1 aromatic carbocycles. The van der Waals surface area contributed by atoms with Gasteiger partial charge in [0.15, 0.2) is 0 Å². The van der Waals surface area contributed by atoms with E-state index in [1.165, 1.54) is 0 Å². The van der Waals surface area contributed by atoms with Crippen molar-refractivity contribution in [3.05, 3.63) is 52.3 Å². The Morgan fingerprint density at radius 3 is 2.45 bits per heavy atom. The third kappa shape index (κ3) is 4.12. The summed E-state index contributed by atoms with van der Waals surface area (Å²) in [6.45, 7) is 4.18. The fraction of sp³-hybridized carbons (Fsp3) is 0.250. The van der Waals surface area contributed by atoms with Crippen LogP contribution in [0.5, 0.6) is 0 Å². The molecule has 0 spiro atoms. The molecule has 1 heterocycles. The van der Waals surface area contributed by atoms with Gasteiger partial charge in [0.05, 0.1) is 27.6 Å². The van der Waals surface area contributed by atoms with E-state index in [1.807, 2.05) is 6.07 Å². The molecule has 0 radical (unpaired) electrons. The minimum atomic E-state index is -0.356. The van der Waals surface area contributed by atoms with E-state index in [-0.39, 0.29) is 5.91 Å². The summed E-state index contributed by atoms with van der Waals surface area (Å²) in [6.07, 6.45) is 2.64. The predicted molar refractivity (Wildman–Crippen MR) is 92.0 cm³/mol. The zero-order chi connectivity index (χ0) is 16.1. The Kier molecular flexibility index (Phi) is 5.63. The molecule has 0 aliphatic carbocycles. The van der Waals surface area contributed by atoms with E-state index in [9.17, 15) is 4.79 Å². The summed E-state index contributed by atoms with van der Waals surface area (Å²) in [5.74, 6) is -0.356. The maximum Gasteiger partial charge on any atom is 0.274 e. The van der Waals surface area contributed by atoms with Crippen molar-refractivity contribution in [2.75, 3.05) is 10.6 Å². The smallest absolute Gasteiger partial charge is 0.274 e. The van der Waals surface area contributed by atoms with E-state index in [4.69, 9.17) is 23.2 Å². The monoisotopic (exact) mass is 337 g/mol. The SMILES string of the molecule is CCC(C)Nc1ccc(C(=O)Nc2c(Cl)cccc2Cl)nc1. The van der Waals surface area contributed by atoms with Crippen LogP contribution < -0.4 is 10.6 Å². The van der Waals surface area contributed by atoms with Crippen molar-refractivity contribution < 1.29 is 4.79 Å². The fourth-order valence-electron chi connectivity index (χ4n) is 1.79. The van der Waals surface area contributed by atoms with Gasteiger partial charge in [0.2, 0.25) is 0 Å². The first-order valence-corrected chi connectivity index (χ1v) is 7.74. The van der Waals surface area contributed by atoms with E-state index < -0.39 is 0 Å². The molecule has 6 heteroatoms. The Labute approximate surface area is 139 Å². The first kappa shape index (κ1) is 16.6. The lowest BCUT2D eigenvalue weighted by Crippen LogP contribution is -2.16. The molecule has 1 atom stereocenters. The molecule has 2 N–H and O–H groups in total. The summed E-state index contributed by atoms with van der Waals surface area (Å²) < 4.78 is 0. The molecule has 1 unspecified atom stereocenters. The van der Waals surface area contributed by atoms with E-state index in [1.54, 1.807) is 30.5 Å². The van der Waals surface area contributed by atoms with Gasteiger partial charge in [-0.25, -0.2) is 4.98 Å². The first-order valence-electron chi connectivity index (χ1n) is 6.99. The van der Waals surface area contributed by atoms with Crippen LogP contribution in [0.3, 0.4) is 0 Å². The number of nitrogens with one attached hydrogen (secondary N) is 2. The number of para-hydroxylation sites is 1. The standard InChI is InChI=1S/C16H17Cl2N3O/c1-3-10(2)20-11-7-8-14(19-9-11)16(22)21-15-12(17)5-4-6-13(15)18/h4-10,20H,3H2,1-2H3,(H,21,22). The van der Waals surface area contributed by atoms with Crippen LogP contribution in [0.4, 0.5) is 11.4 Å². The van der Waals surface area contributed by atoms with Crippen LogP contribution in [0.1, 0.15) is 30.8 Å². The molecule has 1 aromatic heterocycles. The number of amides is 1. The number of pyridine rings is 1. The molecule has 0 saturated heterocycles. The summed E-state index contributed by atoms with van der Waals surface area (Å²) >= 11 is 12.1. The average molecular weight is 338 g/mol. The van der Waals surface area contributed by atoms with Crippen LogP contribution in [0, 0.1) is 0 Å². The number of anilines is 2. The van der Waals surface area contributed by atoms with Gasteiger partial charge in [-0.05, 0) is 37.6 Å². The van der Waals surface area contributed by atoms with Gasteiger partial charge in [0.1, 0.15) is 5.69 Å². The summed E-state index contributed by atoms with van der Waals surface area (Å²) in [5, 5.41) is 6.74. The molecule has 0 bridgehead atoms. The number of hydrogen-bond acceptors (Lipinski definition) is 3. The summed E-state index contributed by atoms with van der Waals surface area (Å²) in [6, 6.07) is 8.87. The van der Waals surface area contributed by atoms with Gasteiger partial charge in [0, 0.05) is 6.04 Å². The molecule has 1 amide bonds. The third-order valence-corrected chi connectivity index (χ3v) is 3.85. The molecule has 2 rings (SSSR count). The quantitative estimate of drug-likeness (QED) is 0.819. The highest BCUT2D eigenvalue weighted by Gasteiger charge is 2.12. The maximum absolute atomic E-state index is 12.2. The summed E-state index contributed by atoms with van der Waals surface area (Å²) in [4.78, 5) is 16.4. The van der Waals surface area contributed by atoms with Gasteiger partial charge in [0.25, 0.3) is 5.91 Å². The lowest BCUT2D eigenvalue weighted by atomic mass is 10.2. The number of carbonyl (C=O) groups is 1. The van der Waals surface area contributed by atoms with Gasteiger partial charge < -0.3 is 10.6 Å². The largest absolute Gasteiger partial charge is 0.381 e. The predicted octanol–water partition coefficient (Wildman–Crippen LogP) is 4.85. The molecule has 0 aliphatic rings. The van der Waals surface area contributed by atoms with E-state index >= 15 is 0 Å². The highest BCUT2D eigenvalue weighted by Crippen LogP contribution is 2.30. The minimum absolute atomic E-state index is 0.297. The Morgan fingerprint density at radius 1 is 1.23 bits per heavy atom. The van der Waals surface area contributed by atoms with Crippen molar-refractivity contribution in [3.63, 3.8) is 0 Å². The van der Waals surface area contributed by atoms with Crippen molar-refractivity contribution in [3.8, 4) is 0 Å². The van der Waals surface area contributed by atoms with Crippen molar-refractivity contribution in [1.82, 2.24) is 4.98 Å². The highest BCUT2D eigenvalue weighted by molar-refractivity contribution is 6.39. The Morgan fingerprint density at radius 2 is 1.91 bits per heavy atom. The first-order chi connectivity index (χ1) is 10.5. The maximum atomic E-state index is 12.2. The van der Waals surface area contributed by atoms with Crippen LogP contribution in [-0.4, -0.2) is 16.9 Å². The Balaban J connectivity index is 2.10. The van der Waals surface area contributed by atoms with Crippen LogP contribution in [0.15, 0.2) is 36.5 Å². The molecule has 0 aliphatic heterocycles. The van der Waals surface area contributed by atoms with Crippen molar-refractivity contribution in [2.45, 2.75) is 26.3 Å². The van der Waals surface area contributed by atoms with E-state index in [0.717, 1.165) is 12.1 Å². The summed E-state index contributed by atoms with van der Waals surface area (Å²) in [7, 11) is 0. The lowest BCUT2D eigenvalue weighted by Gasteiger charge is -2.13. The lowest BCUT2D eigenvalue weighted by molar-refractivity contribution is 0.102. The number of aromatic nitrogens is 1. The second-order valence-corrected chi connectivity index (χ2v) is 5.75. The number of nitrogens with zero attached hydrogens (tertiary/aromatic N) is 1. The van der Waals surface area contributed by atoms with Gasteiger partial charge >= 0.3 is 0 Å².